The molecule has 0 saturated carbocycles. The first-order valence-electron chi connectivity index (χ1n) is 9.89. The van der Waals surface area contributed by atoms with Crippen LogP contribution in [0.4, 0.5) is 0 Å². The van der Waals surface area contributed by atoms with Crippen molar-refractivity contribution in [3.05, 3.63) is 92.5 Å². The number of esters is 1. The summed E-state index contributed by atoms with van der Waals surface area (Å²) >= 11 is 6.53. The van der Waals surface area contributed by atoms with Crippen LogP contribution in [-0.4, -0.2) is 44.6 Å². The molecule has 2 amide bonds. The van der Waals surface area contributed by atoms with Gasteiger partial charge in [0.2, 0.25) is 6.41 Å². The summed E-state index contributed by atoms with van der Waals surface area (Å²) in [5, 5.41) is 1.57. The van der Waals surface area contributed by atoms with E-state index in [9.17, 15) is 18.6 Å². The lowest BCUT2D eigenvalue weighted by Gasteiger charge is -2.48. The smallest absolute Gasteiger partial charge is 0.356 e. The van der Waals surface area contributed by atoms with Crippen molar-refractivity contribution in [2.45, 2.75) is 17.5 Å². The number of carbonyl (C=O) groups is 3. The molecule has 3 atom stereocenters. The average molecular weight is 594 g/mol. The van der Waals surface area contributed by atoms with E-state index in [0.717, 1.165) is 11.1 Å². The maximum atomic E-state index is 13.5. The molecule has 1 fully saturated rings. The minimum absolute atomic E-state index is 0.0156. The molecule has 10 heteroatoms. The second kappa shape index (κ2) is 10.1. The molecule has 1 saturated heterocycles. The van der Waals surface area contributed by atoms with Gasteiger partial charge in [-0.05, 0) is 54.6 Å². The van der Waals surface area contributed by atoms with E-state index in [1.165, 1.54) is 4.90 Å². The van der Waals surface area contributed by atoms with Crippen LogP contribution in [0.15, 0.2) is 81.4 Å². The molecule has 170 valence electrons. The standard InChI is InChI=1S/C23H18Br2N2O5S/c24-17(25)11-16-12-33(31)22-18(26-13-28)21(29)27(22)19(16)23(30)32-20(14-7-3-1-4-8-14)15-9-5-2-6-10-15/h1-11,13,18,20,22H,12H2,(H,26,28)/t18?,22-,33?/m0/s1. The number of hydrogen-bond acceptors (Lipinski definition) is 5. The van der Waals surface area contributed by atoms with Crippen molar-refractivity contribution in [2.24, 2.45) is 0 Å². The predicted molar refractivity (Wildman–Crippen MR) is 130 cm³/mol. The molecular formula is C23H18Br2N2O5S. The normalized spacial score (nSPS) is 21.7. The number of amides is 2. The van der Waals surface area contributed by atoms with Crippen LogP contribution in [0.5, 0.6) is 0 Å². The minimum atomic E-state index is -1.52. The molecular weight excluding hydrogens is 576 g/mol. The first-order valence-corrected chi connectivity index (χ1v) is 12.9. The van der Waals surface area contributed by atoms with Gasteiger partial charge in [-0.2, -0.15) is 0 Å². The Balaban J connectivity index is 1.74. The zero-order valence-corrected chi connectivity index (χ0v) is 21.0. The van der Waals surface area contributed by atoms with Gasteiger partial charge in [0.1, 0.15) is 17.1 Å². The van der Waals surface area contributed by atoms with Gasteiger partial charge in [-0.25, -0.2) is 4.79 Å². The van der Waals surface area contributed by atoms with Crippen LogP contribution in [0.3, 0.4) is 0 Å². The maximum absolute atomic E-state index is 13.5. The number of rotatable bonds is 7. The Labute approximate surface area is 209 Å². The summed E-state index contributed by atoms with van der Waals surface area (Å²) in [5.41, 5.74) is 1.93. The van der Waals surface area contributed by atoms with Crippen LogP contribution in [0.1, 0.15) is 17.2 Å². The number of halogens is 2. The van der Waals surface area contributed by atoms with Crippen molar-refractivity contribution in [2.75, 3.05) is 5.75 Å². The van der Waals surface area contributed by atoms with Crippen LogP contribution in [0.25, 0.3) is 0 Å². The van der Waals surface area contributed by atoms with E-state index in [1.54, 1.807) is 6.08 Å². The van der Waals surface area contributed by atoms with E-state index in [-0.39, 0.29) is 11.4 Å². The molecule has 2 heterocycles. The van der Waals surface area contributed by atoms with Crippen molar-refractivity contribution < 1.29 is 23.3 Å². The fraction of sp³-hybridized carbons (Fsp3) is 0.174. The number of nitrogens with one attached hydrogen (secondary N) is 1. The monoisotopic (exact) mass is 592 g/mol. The Morgan fingerprint density at radius 1 is 1.09 bits per heavy atom. The van der Waals surface area contributed by atoms with E-state index in [4.69, 9.17) is 4.74 Å². The summed E-state index contributed by atoms with van der Waals surface area (Å²) in [6.07, 6.45) is 1.26. The third-order valence-electron chi connectivity index (χ3n) is 5.31. The van der Waals surface area contributed by atoms with Gasteiger partial charge >= 0.3 is 5.97 Å². The molecule has 2 aliphatic heterocycles. The number of ether oxygens (including phenoxy) is 1. The Morgan fingerprint density at radius 3 is 2.18 bits per heavy atom. The van der Waals surface area contributed by atoms with Crippen molar-refractivity contribution in [3.8, 4) is 0 Å². The lowest BCUT2D eigenvalue weighted by Crippen LogP contribution is -2.72. The lowest BCUT2D eigenvalue weighted by atomic mass is 10.0. The number of benzene rings is 2. The van der Waals surface area contributed by atoms with Gasteiger partial charge in [-0.1, -0.05) is 60.7 Å². The van der Waals surface area contributed by atoms with Crippen molar-refractivity contribution in [1.29, 1.82) is 0 Å². The minimum Gasteiger partial charge on any atom is -0.448 e. The molecule has 7 nitrogen and oxygen atoms in total. The molecule has 2 aromatic carbocycles. The maximum Gasteiger partial charge on any atom is 0.356 e. The quantitative estimate of drug-likeness (QED) is 0.302. The van der Waals surface area contributed by atoms with Crippen LogP contribution in [-0.2, 0) is 29.9 Å². The first-order chi connectivity index (χ1) is 15.9. The Morgan fingerprint density at radius 2 is 1.67 bits per heavy atom. The molecule has 0 spiro atoms. The van der Waals surface area contributed by atoms with Gasteiger partial charge in [0, 0.05) is 0 Å². The van der Waals surface area contributed by atoms with E-state index >= 15 is 0 Å². The van der Waals surface area contributed by atoms with E-state index < -0.39 is 40.2 Å². The summed E-state index contributed by atoms with van der Waals surface area (Å²) in [5.74, 6) is -1.21. The second-order valence-electron chi connectivity index (χ2n) is 7.30. The van der Waals surface area contributed by atoms with Crippen LogP contribution >= 0.6 is 31.9 Å². The van der Waals surface area contributed by atoms with Gasteiger partial charge < -0.3 is 10.1 Å². The Bertz CT molecular complexity index is 1130. The van der Waals surface area contributed by atoms with Crippen molar-refractivity contribution >= 4 is 60.9 Å². The molecule has 0 bridgehead atoms. The van der Waals surface area contributed by atoms with Gasteiger partial charge in [-0.3, -0.25) is 18.7 Å². The number of hydrogen-bond donors (Lipinski definition) is 1. The summed E-state index contributed by atoms with van der Waals surface area (Å²) in [4.78, 5) is 38.4. The van der Waals surface area contributed by atoms with Gasteiger partial charge in [0.05, 0.1) is 19.9 Å². The van der Waals surface area contributed by atoms with Gasteiger partial charge in [0.15, 0.2) is 6.10 Å². The zero-order valence-electron chi connectivity index (χ0n) is 17.0. The Hall–Kier alpha value is -2.56. The third kappa shape index (κ3) is 4.73. The van der Waals surface area contributed by atoms with Crippen LogP contribution in [0, 0.1) is 0 Å². The molecule has 0 radical (unpaired) electrons. The molecule has 0 aromatic heterocycles. The molecule has 1 N–H and O–H groups in total. The molecule has 2 aliphatic rings. The van der Waals surface area contributed by atoms with Crippen LogP contribution < -0.4 is 5.32 Å². The highest BCUT2D eigenvalue weighted by atomic mass is 79.9. The molecule has 0 aliphatic carbocycles. The highest BCUT2D eigenvalue weighted by Crippen LogP contribution is 2.38. The largest absolute Gasteiger partial charge is 0.448 e. The summed E-state index contributed by atoms with van der Waals surface area (Å²) in [7, 11) is -1.52. The van der Waals surface area contributed by atoms with Crippen molar-refractivity contribution in [1.82, 2.24) is 10.2 Å². The van der Waals surface area contributed by atoms with Gasteiger partial charge in [0.25, 0.3) is 5.91 Å². The van der Waals surface area contributed by atoms with Gasteiger partial charge in [-0.15, -0.1) is 0 Å². The second-order valence-corrected chi connectivity index (χ2v) is 11.6. The Kier molecular flexibility index (Phi) is 7.26. The predicted octanol–water partition coefficient (Wildman–Crippen LogP) is 3.25. The first kappa shape index (κ1) is 23.6. The molecule has 33 heavy (non-hydrogen) atoms. The highest BCUT2D eigenvalue weighted by Gasteiger charge is 2.56. The van der Waals surface area contributed by atoms with E-state index in [2.05, 4.69) is 37.2 Å². The van der Waals surface area contributed by atoms with E-state index in [0.29, 0.717) is 15.4 Å². The number of fused-ring (bicyclic) bond motifs is 1. The zero-order chi connectivity index (χ0) is 23.5. The number of β-lactam (4-membered cyclic amide) rings is 1. The highest BCUT2D eigenvalue weighted by molar-refractivity contribution is 9.28. The average Bonchev–Trinajstić information content (AvgIpc) is 2.81. The third-order valence-corrected chi connectivity index (χ3v) is 7.38. The summed E-state index contributed by atoms with van der Waals surface area (Å²) in [6, 6.07) is 17.6. The molecule has 2 unspecified atom stereocenters. The number of nitrogens with zero attached hydrogens (tertiary/aromatic N) is 1. The SMILES string of the molecule is O=CNC1C(=O)N2C(C(=O)OC(c3ccccc3)c3ccccc3)=C(C=C(Br)Br)CS(=O)[C@@H]12. The topological polar surface area (TPSA) is 92.8 Å². The fourth-order valence-electron chi connectivity index (χ4n) is 3.88. The van der Waals surface area contributed by atoms with Crippen molar-refractivity contribution in [3.63, 3.8) is 0 Å². The summed E-state index contributed by atoms with van der Waals surface area (Å²) < 4.78 is 19.3. The number of allylic oxidation sites excluding steroid dienone is 1. The lowest BCUT2D eigenvalue weighted by molar-refractivity contribution is -0.154. The van der Waals surface area contributed by atoms with E-state index in [1.807, 2.05) is 60.7 Å². The fourth-order valence-corrected chi connectivity index (χ4v) is 6.07. The molecule has 4 rings (SSSR count). The summed E-state index contributed by atoms with van der Waals surface area (Å²) in [6.45, 7) is 0. The molecule has 2 aromatic rings. The number of carbonyl (C=O) groups excluding carboxylic acids is 3. The van der Waals surface area contributed by atoms with Crippen LogP contribution in [0.2, 0.25) is 0 Å².